The molecule has 0 bridgehead atoms. The Morgan fingerprint density at radius 1 is 1.25 bits per heavy atom. The Morgan fingerprint density at radius 2 is 2.06 bits per heavy atom. The van der Waals surface area contributed by atoms with E-state index >= 15 is 0 Å². The van der Waals surface area contributed by atoms with Crippen molar-refractivity contribution in [1.29, 1.82) is 0 Å². The van der Waals surface area contributed by atoms with Crippen LogP contribution in [-0.4, -0.2) is 15.1 Å². The second-order valence-corrected chi connectivity index (χ2v) is 3.85. The highest BCUT2D eigenvalue weighted by Gasteiger charge is 2.11. The van der Waals surface area contributed by atoms with Crippen LogP contribution in [0.4, 0.5) is 0 Å². The van der Waals surface area contributed by atoms with Crippen molar-refractivity contribution >= 4 is 21.9 Å². The van der Waals surface area contributed by atoms with Crippen molar-refractivity contribution in [3.8, 4) is 5.75 Å². The molecule has 3 rings (SSSR count). The number of hydrogen-bond acceptors (Lipinski definition) is 4. The first-order chi connectivity index (χ1) is 7.65. The third-order valence-electron chi connectivity index (χ3n) is 2.57. The van der Waals surface area contributed by atoms with Crippen molar-refractivity contribution in [2.45, 2.75) is 13.8 Å². The molecular weight excluding hydrogens is 204 g/mol. The van der Waals surface area contributed by atoms with Gasteiger partial charge in [-0.25, -0.2) is 9.97 Å². The number of aryl methyl sites for hydroxylation is 2. The van der Waals surface area contributed by atoms with Crippen LogP contribution in [0, 0.1) is 13.8 Å². The number of benzene rings is 1. The van der Waals surface area contributed by atoms with Gasteiger partial charge in [0.05, 0.1) is 10.9 Å². The van der Waals surface area contributed by atoms with E-state index in [1.807, 2.05) is 19.9 Å². The first-order valence-electron chi connectivity index (χ1n) is 5.00. The first kappa shape index (κ1) is 9.15. The Morgan fingerprint density at radius 3 is 2.88 bits per heavy atom. The number of rotatable bonds is 0. The summed E-state index contributed by atoms with van der Waals surface area (Å²) in [4.78, 5) is 8.49. The SMILES string of the molecule is Cc1ncc2cc(O)c3oc(C)cc3c2n1. The second-order valence-electron chi connectivity index (χ2n) is 3.85. The average molecular weight is 214 g/mol. The van der Waals surface area contributed by atoms with E-state index in [1.54, 1.807) is 12.3 Å². The summed E-state index contributed by atoms with van der Waals surface area (Å²) in [5.41, 5.74) is 1.31. The van der Waals surface area contributed by atoms with Gasteiger partial charge in [-0.1, -0.05) is 0 Å². The van der Waals surface area contributed by atoms with Gasteiger partial charge in [0.15, 0.2) is 11.3 Å². The predicted molar refractivity (Wildman–Crippen MR) is 60.4 cm³/mol. The fourth-order valence-electron chi connectivity index (χ4n) is 1.89. The Bertz CT molecular complexity index is 701. The summed E-state index contributed by atoms with van der Waals surface area (Å²) in [5, 5.41) is 11.5. The van der Waals surface area contributed by atoms with Crippen molar-refractivity contribution in [3.05, 3.63) is 29.9 Å². The van der Waals surface area contributed by atoms with Crippen LogP contribution in [0.2, 0.25) is 0 Å². The summed E-state index contributed by atoms with van der Waals surface area (Å²) in [6, 6.07) is 3.50. The van der Waals surface area contributed by atoms with Gasteiger partial charge in [-0.15, -0.1) is 0 Å². The Labute approximate surface area is 91.6 Å². The number of aromatic hydroxyl groups is 1. The summed E-state index contributed by atoms with van der Waals surface area (Å²) in [5.74, 6) is 1.59. The molecule has 2 heterocycles. The number of hydrogen-bond donors (Lipinski definition) is 1. The molecule has 0 aliphatic rings. The standard InChI is InChI=1S/C12H10N2O2/c1-6-3-9-11-8(5-13-7(2)14-11)4-10(15)12(9)16-6/h3-5,15H,1-2H3. The van der Waals surface area contributed by atoms with Gasteiger partial charge in [-0.3, -0.25) is 0 Å². The molecule has 16 heavy (non-hydrogen) atoms. The van der Waals surface area contributed by atoms with E-state index in [0.29, 0.717) is 11.4 Å². The number of phenolic OH excluding ortho intramolecular Hbond substituents is 1. The van der Waals surface area contributed by atoms with Gasteiger partial charge < -0.3 is 9.52 Å². The van der Waals surface area contributed by atoms with Gasteiger partial charge in [-0.05, 0) is 26.0 Å². The zero-order valence-electron chi connectivity index (χ0n) is 8.98. The number of nitrogens with zero attached hydrogens (tertiary/aromatic N) is 2. The maximum Gasteiger partial charge on any atom is 0.178 e. The second kappa shape index (κ2) is 2.95. The Kier molecular flexibility index (Phi) is 1.68. The normalized spacial score (nSPS) is 11.4. The predicted octanol–water partition coefficient (Wildman–Crippen LogP) is 2.70. The lowest BCUT2D eigenvalue weighted by Gasteiger charge is -2.00. The monoisotopic (exact) mass is 214 g/mol. The summed E-state index contributed by atoms with van der Waals surface area (Å²) in [6.07, 6.45) is 1.71. The largest absolute Gasteiger partial charge is 0.504 e. The van der Waals surface area contributed by atoms with Crippen LogP contribution in [0.1, 0.15) is 11.6 Å². The molecule has 0 radical (unpaired) electrons. The highest BCUT2D eigenvalue weighted by atomic mass is 16.4. The summed E-state index contributed by atoms with van der Waals surface area (Å²) in [6.45, 7) is 3.68. The van der Waals surface area contributed by atoms with Crippen LogP contribution in [0.25, 0.3) is 21.9 Å². The molecule has 0 atom stereocenters. The summed E-state index contributed by atoms with van der Waals surface area (Å²) < 4.78 is 5.44. The lowest BCUT2D eigenvalue weighted by molar-refractivity contribution is 0.462. The summed E-state index contributed by atoms with van der Waals surface area (Å²) in [7, 11) is 0. The fraction of sp³-hybridized carbons (Fsp3) is 0.167. The number of phenols is 1. The molecule has 0 spiro atoms. The molecule has 0 unspecified atom stereocenters. The van der Waals surface area contributed by atoms with Crippen molar-refractivity contribution in [2.75, 3.05) is 0 Å². The van der Waals surface area contributed by atoms with Gasteiger partial charge in [0.2, 0.25) is 0 Å². The van der Waals surface area contributed by atoms with Crippen molar-refractivity contribution in [1.82, 2.24) is 9.97 Å². The van der Waals surface area contributed by atoms with E-state index in [1.165, 1.54) is 0 Å². The minimum atomic E-state index is 0.128. The molecule has 4 nitrogen and oxygen atoms in total. The molecule has 0 saturated heterocycles. The number of aromatic nitrogens is 2. The lowest BCUT2D eigenvalue weighted by Crippen LogP contribution is -1.88. The van der Waals surface area contributed by atoms with Crippen LogP contribution in [-0.2, 0) is 0 Å². The maximum atomic E-state index is 9.80. The molecule has 1 N–H and O–H groups in total. The molecule has 0 fully saturated rings. The van der Waals surface area contributed by atoms with E-state index in [2.05, 4.69) is 9.97 Å². The fourth-order valence-corrected chi connectivity index (χ4v) is 1.89. The molecule has 0 aliphatic heterocycles. The van der Waals surface area contributed by atoms with Gasteiger partial charge in [0, 0.05) is 11.6 Å². The van der Waals surface area contributed by atoms with Gasteiger partial charge in [0.25, 0.3) is 0 Å². The van der Waals surface area contributed by atoms with Gasteiger partial charge >= 0.3 is 0 Å². The highest BCUT2D eigenvalue weighted by molar-refractivity contribution is 6.05. The molecule has 0 saturated carbocycles. The summed E-state index contributed by atoms with van der Waals surface area (Å²) >= 11 is 0. The van der Waals surface area contributed by atoms with Crippen LogP contribution >= 0.6 is 0 Å². The van der Waals surface area contributed by atoms with E-state index < -0.39 is 0 Å². The molecule has 0 aliphatic carbocycles. The third kappa shape index (κ3) is 1.16. The van der Waals surface area contributed by atoms with Crippen LogP contribution in [0.15, 0.2) is 22.7 Å². The zero-order chi connectivity index (χ0) is 11.3. The zero-order valence-corrected chi connectivity index (χ0v) is 8.98. The molecular formula is C12H10N2O2. The Hall–Kier alpha value is -2.10. The van der Waals surface area contributed by atoms with Crippen molar-refractivity contribution < 1.29 is 9.52 Å². The van der Waals surface area contributed by atoms with E-state index in [-0.39, 0.29) is 5.75 Å². The van der Waals surface area contributed by atoms with Gasteiger partial charge in [0.1, 0.15) is 11.6 Å². The van der Waals surface area contributed by atoms with Crippen LogP contribution in [0.3, 0.4) is 0 Å². The lowest BCUT2D eigenvalue weighted by atomic mass is 10.1. The molecule has 2 aromatic heterocycles. The van der Waals surface area contributed by atoms with Crippen molar-refractivity contribution in [2.24, 2.45) is 0 Å². The minimum Gasteiger partial charge on any atom is -0.504 e. The molecule has 4 heteroatoms. The van der Waals surface area contributed by atoms with Crippen LogP contribution in [0.5, 0.6) is 5.75 Å². The van der Waals surface area contributed by atoms with Crippen molar-refractivity contribution in [3.63, 3.8) is 0 Å². The molecule has 3 aromatic rings. The smallest absolute Gasteiger partial charge is 0.178 e. The topological polar surface area (TPSA) is 59.2 Å². The van der Waals surface area contributed by atoms with E-state index in [0.717, 1.165) is 22.0 Å². The highest BCUT2D eigenvalue weighted by Crippen LogP contribution is 2.33. The first-order valence-corrected chi connectivity index (χ1v) is 5.00. The van der Waals surface area contributed by atoms with E-state index in [9.17, 15) is 5.11 Å². The maximum absolute atomic E-state index is 9.80. The Balaban J connectivity index is 2.59. The number of furan rings is 1. The average Bonchev–Trinajstić information content (AvgIpc) is 2.62. The van der Waals surface area contributed by atoms with Crippen LogP contribution < -0.4 is 0 Å². The minimum absolute atomic E-state index is 0.128. The quantitative estimate of drug-likeness (QED) is 0.625. The molecule has 0 amide bonds. The molecule has 80 valence electrons. The third-order valence-corrected chi connectivity index (χ3v) is 2.57. The number of fused-ring (bicyclic) bond motifs is 3. The van der Waals surface area contributed by atoms with E-state index in [4.69, 9.17) is 4.42 Å². The molecule has 1 aromatic carbocycles. The van der Waals surface area contributed by atoms with Gasteiger partial charge in [-0.2, -0.15) is 0 Å².